The molecule has 1 aromatic carbocycles. The van der Waals surface area contributed by atoms with Gasteiger partial charge in [-0.3, -0.25) is 0 Å². The molecule has 18 heavy (non-hydrogen) atoms. The van der Waals surface area contributed by atoms with Crippen LogP contribution in [0.3, 0.4) is 0 Å². The molecule has 0 saturated heterocycles. The molecule has 2 rings (SSSR count). The zero-order valence-electron chi connectivity index (χ0n) is 10.5. The van der Waals surface area contributed by atoms with Crippen molar-refractivity contribution < 1.29 is 0 Å². The molecule has 2 aromatic rings. The summed E-state index contributed by atoms with van der Waals surface area (Å²) in [6.45, 7) is 0. The van der Waals surface area contributed by atoms with Crippen LogP contribution in [0.4, 0.5) is 0 Å². The number of halogens is 1. The summed E-state index contributed by atoms with van der Waals surface area (Å²) in [6.07, 6.45) is 3.37. The van der Waals surface area contributed by atoms with Gasteiger partial charge in [0.05, 0.1) is 0 Å². The monoisotopic (exact) mass is 279 g/mol. The van der Waals surface area contributed by atoms with Crippen LogP contribution in [0.25, 0.3) is 0 Å². The van der Waals surface area contributed by atoms with Crippen LogP contribution in [0, 0.1) is 0 Å². The molecule has 0 radical (unpaired) electrons. The predicted molar refractivity (Wildman–Crippen MR) is 80.6 cm³/mol. The minimum atomic E-state index is 0.522. The molecule has 1 N–H and O–H groups in total. The van der Waals surface area contributed by atoms with Gasteiger partial charge in [0.15, 0.2) is 0 Å². The van der Waals surface area contributed by atoms with E-state index in [0.29, 0.717) is 6.04 Å². The fraction of sp³-hybridized carbons (Fsp3) is 0.333. The van der Waals surface area contributed by atoms with E-state index in [1.165, 1.54) is 16.9 Å². The van der Waals surface area contributed by atoms with Crippen LogP contribution in [-0.4, -0.2) is 13.1 Å². The molecule has 0 amide bonds. The molecule has 1 heterocycles. The first-order valence-corrected chi connectivity index (χ1v) is 7.48. The first kappa shape index (κ1) is 13.6. The average Bonchev–Trinajstić information content (AvgIpc) is 2.90. The lowest BCUT2D eigenvalue weighted by Crippen LogP contribution is -2.28. The van der Waals surface area contributed by atoms with Crippen molar-refractivity contribution >= 4 is 22.9 Å². The number of rotatable bonds is 6. The second-order valence-electron chi connectivity index (χ2n) is 4.43. The number of thiophene rings is 1. The molecule has 1 atom stereocenters. The van der Waals surface area contributed by atoms with Crippen molar-refractivity contribution in [3.63, 3.8) is 0 Å². The lowest BCUT2D eigenvalue weighted by Gasteiger charge is -2.15. The summed E-state index contributed by atoms with van der Waals surface area (Å²) >= 11 is 7.73. The summed E-state index contributed by atoms with van der Waals surface area (Å²) < 4.78 is 0. The van der Waals surface area contributed by atoms with E-state index in [-0.39, 0.29) is 0 Å². The number of nitrogens with one attached hydrogen (secondary N) is 1. The van der Waals surface area contributed by atoms with E-state index in [1.807, 2.05) is 30.5 Å². The molecule has 0 spiro atoms. The Morgan fingerprint density at radius 1 is 1.22 bits per heavy atom. The van der Waals surface area contributed by atoms with Gasteiger partial charge in [-0.2, -0.15) is 0 Å². The fourth-order valence-corrected chi connectivity index (χ4v) is 2.88. The van der Waals surface area contributed by atoms with Crippen LogP contribution >= 0.6 is 22.9 Å². The molecule has 96 valence electrons. The van der Waals surface area contributed by atoms with Crippen molar-refractivity contribution in [2.75, 3.05) is 7.05 Å². The molecule has 1 aromatic heterocycles. The molecule has 1 unspecified atom stereocenters. The smallest absolute Gasteiger partial charge is 0.0406 e. The Hall–Kier alpha value is -0.830. The Morgan fingerprint density at radius 3 is 2.61 bits per heavy atom. The van der Waals surface area contributed by atoms with Gasteiger partial charge in [-0.25, -0.2) is 0 Å². The van der Waals surface area contributed by atoms with E-state index in [4.69, 9.17) is 11.6 Å². The minimum Gasteiger partial charge on any atom is -0.317 e. The van der Waals surface area contributed by atoms with E-state index < -0.39 is 0 Å². The number of hydrogen-bond donors (Lipinski definition) is 1. The maximum atomic E-state index is 5.90. The van der Waals surface area contributed by atoms with Crippen molar-refractivity contribution in [1.82, 2.24) is 5.32 Å². The van der Waals surface area contributed by atoms with Gasteiger partial charge >= 0.3 is 0 Å². The van der Waals surface area contributed by atoms with Crippen LogP contribution < -0.4 is 5.32 Å². The largest absolute Gasteiger partial charge is 0.317 e. The molecule has 0 fully saturated rings. The van der Waals surface area contributed by atoms with E-state index in [1.54, 1.807) is 0 Å². The normalized spacial score (nSPS) is 12.6. The Kier molecular flexibility index (Phi) is 5.24. The molecule has 0 aliphatic rings. The number of benzene rings is 1. The lowest BCUT2D eigenvalue weighted by atomic mass is 10.0. The van der Waals surface area contributed by atoms with Crippen molar-refractivity contribution in [2.24, 2.45) is 0 Å². The number of hydrogen-bond acceptors (Lipinski definition) is 2. The van der Waals surface area contributed by atoms with Gasteiger partial charge in [0.25, 0.3) is 0 Å². The first-order chi connectivity index (χ1) is 8.78. The highest BCUT2D eigenvalue weighted by molar-refractivity contribution is 7.09. The summed E-state index contributed by atoms with van der Waals surface area (Å²) in [6, 6.07) is 13.0. The van der Waals surface area contributed by atoms with Crippen LogP contribution in [-0.2, 0) is 12.8 Å². The van der Waals surface area contributed by atoms with E-state index in [2.05, 4.69) is 35.0 Å². The van der Waals surface area contributed by atoms with Gasteiger partial charge in [-0.15, -0.1) is 11.3 Å². The highest BCUT2D eigenvalue weighted by Crippen LogP contribution is 2.15. The summed E-state index contributed by atoms with van der Waals surface area (Å²) in [5.74, 6) is 0. The highest BCUT2D eigenvalue weighted by atomic mass is 35.5. The third-order valence-corrected chi connectivity index (χ3v) is 4.31. The Morgan fingerprint density at radius 2 is 2.00 bits per heavy atom. The number of aryl methyl sites for hydroxylation is 1. The predicted octanol–water partition coefficient (Wildman–Crippen LogP) is 4.16. The quantitative estimate of drug-likeness (QED) is 0.837. The molecular weight excluding hydrogens is 262 g/mol. The zero-order valence-corrected chi connectivity index (χ0v) is 12.1. The van der Waals surface area contributed by atoms with Crippen LogP contribution in [0.15, 0.2) is 41.8 Å². The average molecular weight is 280 g/mol. The van der Waals surface area contributed by atoms with E-state index in [0.717, 1.165) is 17.9 Å². The van der Waals surface area contributed by atoms with E-state index in [9.17, 15) is 0 Å². The molecule has 0 aliphatic heterocycles. The third-order valence-electron chi connectivity index (χ3n) is 3.12. The molecule has 0 aliphatic carbocycles. The molecular formula is C15H18ClNS. The van der Waals surface area contributed by atoms with Gasteiger partial charge in [-0.1, -0.05) is 29.8 Å². The fourth-order valence-electron chi connectivity index (χ4n) is 2.02. The van der Waals surface area contributed by atoms with Crippen molar-refractivity contribution in [2.45, 2.75) is 25.3 Å². The van der Waals surface area contributed by atoms with Crippen molar-refractivity contribution in [1.29, 1.82) is 0 Å². The highest BCUT2D eigenvalue weighted by Gasteiger charge is 2.08. The van der Waals surface area contributed by atoms with Crippen molar-refractivity contribution in [3.8, 4) is 0 Å². The third kappa shape index (κ3) is 4.13. The number of likely N-dealkylation sites (N-methyl/N-ethyl adjacent to an activating group) is 1. The molecule has 3 heteroatoms. The first-order valence-electron chi connectivity index (χ1n) is 6.22. The lowest BCUT2D eigenvalue weighted by molar-refractivity contribution is 0.522. The van der Waals surface area contributed by atoms with Crippen LogP contribution in [0.1, 0.15) is 16.9 Å². The molecule has 1 nitrogen and oxygen atoms in total. The van der Waals surface area contributed by atoms with Crippen molar-refractivity contribution in [3.05, 3.63) is 57.2 Å². The van der Waals surface area contributed by atoms with Gasteiger partial charge in [0.1, 0.15) is 0 Å². The van der Waals surface area contributed by atoms with Crippen LogP contribution in [0.2, 0.25) is 5.02 Å². The summed E-state index contributed by atoms with van der Waals surface area (Å²) in [5, 5.41) is 6.35. The van der Waals surface area contributed by atoms with Gasteiger partial charge < -0.3 is 5.32 Å². The zero-order chi connectivity index (χ0) is 12.8. The maximum absolute atomic E-state index is 5.90. The molecule has 0 saturated carbocycles. The van der Waals surface area contributed by atoms with Gasteiger partial charge in [0, 0.05) is 15.9 Å². The maximum Gasteiger partial charge on any atom is 0.0406 e. The SMILES string of the molecule is CNC(CCc1cccs1)Cc1ccc(Cl)cc1. The topological polar surface area (TPSA) is 12.0 Å². The summed E-state index contributed by atoms with van der Waals surface area (Å²) in [7, 11) is 2.04. The van der Waals surface area contributed by atoms with Gasteiger partial charge in [-0.05, 0) is 55.5 Å². The standard InChI is InChI=1S/C15H18ClNS/c1-17-14(8-9-15-3-2-10-18-15)11-12-4-6-13(16)7-5-12/h2-7,10,14,17H,8-9,11H2,1H3. The van der Waals surface area contributed by atoms with Gasteiger partial charge in [0.2, 0.25) is 0 Å². The molecule has 0 bridgehead atoms. The minimum absolute atomic E-state index is 0.522. The Bertz CT molecular complexity index is 450. The summed E-state index contributed by atoms with van der Waals surface area (Å²) in [4.78, 5) is 1.46. The Labute approximate surface area is 118 Å². The Balaban J connectivity index is 1.87. The summed E-state index contributed by atoms with van der Waals surface area (Å²) in [5.41, 5.74) is 1.34. The second kappa shape index (κ2) is 6.93. The van der Waals surface area contributed by atoms with Crippen LogP contribution in [0.5, 0.6) is 0 Å². The second-order valence-corrected chi connectivity index (χ2v) is 5.90. The van der Waals surface area contributed by atoms with E-state index >= 15 is 0 Å².